The molecule has 0 atom stereocenters. The Bertz CT molecular complexity index is 1170. The molecule has 2 heterocycles. The molecule has 0 aliphatic carbocycles. The summed E-state index contributed by atoms with van der Waals surface area (Å²) in [5.74, 6) is -0.261. The Morgan fingerprint density at radius 1 is 0.933 bits per heavy atom. The van der Waals surface area contributed by atoms with Crippen LogP contribution in [0.1, 0.15) is 22.4 Å². The van der Waals surface area contributed by atoms with Gasteiger partial charge in [0.2, 0.25) is 0 Å². The highest BCUT2D eigenvalue weighted by atomic mass is 19.1. The fourth-order valence-electron chi connectivity index (χ4n) is 3.75. The van der Waals surface area contributed by atoms with E-state index in [1.54, 1.807) is 6.07 Å². The van der Waals surface area contributed by atoms with E-state index in [-0.39, 0.29) is 5.82 Å². The maximum Gasteiger partial charge on any atom is 0.123 e. The zero-order valence-corrected chi connectivity index (χ0v) is 17.8. The highest BCUT2D eigenvalue weighted by Gasteiger charge is 2.16. The summed E-state index contributed by atoms with van der Waals surface area (Å²) >= 11 is 0. The summed E-state index contributed by atoms with van der Waals surface area (Å²) in [6.45, 7) is 5.55. The van der Waals surface area contributed by atoms with Gasteiger partial charge in [-0.15, -0.1) is 0 Å². The molecule has 0 amide bonds. The number of hydrogen-bond donors (Lipinski definition) is 0. The van der Waals surface area contributed by atoms with E-state index in [1.807, 2.05) is 47.7 Å². The smallest absolute Gasteiger partial charge is 0.123 e. The van der Waals surface area contributed by atoms with Crippen LogP contribution in [0.25, 0.3) is 16.9 Å². The minimum absolute atomic E-state index is 0.261. The molecular weight excluding hydrogens is 377 g/mol. The van der Waals surface area contributed by atoms with Gasteiger partial charge in [-0.1, -0.05) is 24.3 Å². The van der Waals surface area contributed by atoms with Crippen LogP contribution in [0.4, 0.5) is 4.39 Å². The first kappa shape index (κ1) is 20.0. The van der Waals surface area contributed by atoms with Gasteiger partial charge in [0.05, 0.1) is 17.1 Å². The molecule has 0 N–H and O–H groups in total. The number of hydrogen-bond acceptors (Lipinski definition) is 3. The van der Waals surface area contributed by atoms with Crippen molar-refractivity contribution >= 4 is 0 Å². The molecular formula is C24H26FN5. The average molecular weight is 404 g/mol. The third-order valence-electron chi connectivity index (χ3n) is 5.15. The fourth-order valence-corrected chi connectivity index (χ4v) is 3.75. The summed E-state index contributed by atoms with van der Waals surface area (Å²) in [6.07, 6.45) is 4.09. The largest absolute Gasteiger partial charge is 0.298 e. The van der Waals surface area contributed by atoms with E-state index in [9.17, 15) is 4.39 Å². The maximum atomic E-state index is 13.9. The second-order valence-corrected chi connectivity index (χ2v) is 7.88. The summed E-state index contributed by atoms with van der Waals surface area (Å²) in [5.41, 5.74) is 7.01. The van der Waals surface area contributed by atoms with Crippen LogP contribution in [-0.4, -0.2) is 31.5 Å². The molecule has 0 aliphatic heterocycles. The quantitative estimate of drug-likeness (QED) is 0.470. The molecule has 0 fully saturated rings. The SMILES string of the molecule is Cc1cccc(-n2cc(CN(C)Cc3cn(C)nc3C)c(-c3cccc(F)c3)n2)c1. The van der Waals surface area contributed by atoms with Crippen LogP contribution in [0.15, 0.2) is 60.9 Å². The van der Waals surface area contributed by atoms with Gasteiger partial charge < -0.3 is 0 Å². The van der Waals surface area contributed by atoms with Crippen LogP contribution < -0.4 is 0 Å². The minimum atomic E-state index is -0.261. The number of aryl methyl sites for hydroxylation is 3. The van der Waals surface area contributed by atoms with Gasteiger partial charge in [0, 0.05) is 49.2 Å². The molecule has 0 unspecified atom stereocenters. The molecule has 0 spiro atoms. The summed E-state index contributed by atoms with van der Waals surface area (Å²) in [5, 5.41) is 9.25. The van der Waals surface area contributed by atoms with Crippen molar-refractivity contribution in [1.82, 2.24) is 24.5 Å². The van der Waals surface area contributed by atoms with Crippen molar-refractivity contribution in [3.05, 3.63) is 89.1 Å². The Hall–Kier alpha value is -3.25. The predicted octanol–water partition coefficient (Wildman–Crippen LogP) is 4.66. The molecule has 4 rings (SSSR count). The van der Waals surface area contributed by atoms with Crippen LogP contribution >= 0.6 is 0 Å². The van der Waals surface area contributed by atoms with Crippen LogP contribution in [0.3, 0.4) is 0 Å². The topological polar surface area (TPSA) is 38.9 Å². The summed E-state index contributed by atoms with van der Waals surface area (Å²) in [6, 6.07) is 14.8. The Morgan fingerprint density at radius 2 is 1.70 bits per heavy atom. The van der Waals surface area contributed by atoms with E-state index in [0.717, 1.165) is 34.7 Å². The number of benzene rings is 2. The number of rotatable bonds is 6. The minimum Gasteiger partial charge on any atom is -0.298 e. The molecule has 30 heavy (non-hydrogen) atoms. The lowest BCUT2D eigenvalue weighted by atomic mass is 10.1. The van der Waals surface area contributed by atoms with Crippen molar-refractivity contribution in [3.63, 3.8) is 0 Å². The van der Waals surface area contributed by atoms with Gasteiger partial charge in [0.15, 0.2) is 0 Å². The first-order valence-corrected chi connectivity index (χ1v) is 9.98. The molecule has 0 bridgehead atoms. The molecule has 4 aromatic rings. The van der Waals surface area contributed by atoms with E-state index in [2.05, 4.69) is 42.3 Å². The first-order valence-electron chi connectivity index (χ1n) is 9.98. The van der Waals surface area contributed by atoms with Gasteiger partial charge in [-0.2, -0.15) is 10.2 Å². The number of aromatic nitrogens is 4. The van der Waals surface area contributed by atoms with Gasteiger partial charge in [0.1, 0.15) is 5.82 Å². The second kappa shape index (κ2) is 8.24. The van der Waals surface area contributed by atoms with Crippen molar-refractivity contribution in [2.75, 3.05) is 7.05 Å². The van der Waals surface area contributed by atoms with Gasteiger partial charge in [0.25, 0.3) is 0 Å². The maximum absolute atomic E-state index is 13.9. The predicted molar refractivity (Wildman–Crippen MR) is 117 cm³/mol. The molecule has 2 aromatic heterocycles. The molecule has 2 aromatic carbocycles. The van der Waals surface area contributed by atoms with E-state index < -0.39 is 0 Å². The van der Waals surface area contributed by atoms with Gasteiger partial charge >= 0.3 is 0 Å². The van der Waals surface area contributed by atoms with E-state index >= 15 is 0 Å². The zero-order valence-electron chi connectivity index (χ0n) is 17.8. The number of nitrogens with zero attached hydrogens (tertiary/aromatic N) is 5. The molecule has 0 saturated carbocycles. The first-order chi connectivity index (χ1) is 14.4. The Morgan fingerprint density at radius 3 is 2.40 bits per heavy atom. The average Bonchev–Trinajstić information content (AvgIpc) is 3.24. The monoisotopic (exact) mass is 403 g/mol. The third kappa shape index (κ3) is 4.33. The molecule has 5 nitrogen and oxygen atoms in total. The van der Waals surface area contributed by atoms with Crippen LogP contribution in [0.2, 0.25) is 0 Å². The summed E-state index contributed by atoms with van der Waals surface area (Å²) in [4.78, 5) is 2.23. The highest BCUT2D eigenvalue weighted by Crippen LogP contribution is 2.26. The molecule has 6 heteroatoms. The van der Waals surface area contributed by atoms with Crippen molar-refractivity contribution in [3.8, 4) is 16.9 Å². The Labute approximate surface area is 176 Å². The van der Waals surface area contributed by atoms with Crippen molar-refractivity contribution < 1.29 is 4.39 Å². The number of halogens is 1. The fraction of sp³-hybridized carbons (Fsp3) is 0.250. The zero-order chi connectivity index (χ0) is 21.3. The molecule has 0 saturated heterocycles. The van der Waals surface area contributed by atoms with E-state index in [0.29, 0.717) is 6.54 Å². The highest BCUT2D eigenvalue weighted by molar-refractivity contribution is 5.63. The second-order valence-electron chi connectivity index (χ2n) is 7.88. The van der Waals surface area contributed by atoms with Gasteiger partial charge in [-0.3, -0.25) is 9.58 Å². The summed E-state index contributed by atoms with van der Waals surface area (Å²) in [7, 11) is 4.01. The Balaban J connectivity index is 1.68. The van der Waals surface area contributed by atoms with Crippen LogP contribution in [-0.2, 0) is 20.1 Å². The van der Waals surface area contributed by atoms with E-state index in [4.69, 9.17) is 5.10 Å². The van der Waals surface area contributed by atoms with Crippen molar-refractivity contribution in [2.24, 2.45) is 7.05 Å². The molecule has 154 valence electrons. The molecule has 0 radical (unpaired) electrons. The van der Waals surface area contributed by atoms with Crippen LogP contribution in [0, 0.1) is 19.7 Å². The van der Waals surface area contributed by atoms with Crippen LogP contribution in [0.5, 0.6) is 0 Å². The van der Waals surface area contributed by atoms with E-state index in [1.165, 1.54) is 23.3 Å². The lowest BCUT2D eigenvalue weighted by molar-refractivity contribution is 0.318. The van der Waals surface area contributed by atoms with Gasteiger partial charge in [-0.05, 0) is 50.7 Å². The standard InChI is InChI=1S/C24H26FN5/c1-17-7-5-10-23(11-17)30-16-21(24(27-30)19-8-6-9-22(25)12-19)14-28(3)13-20-15-29(4)26-18(20)2/h5-12,15-16H,13-14H2,1-4H3. The normalized spacial score (nSPS) is 11.4. The molecule has 0 aliphatic rings. The lowest BCUT2D eigenvalue weighted by Crippen LogP contribution is -2.17. The van der Waals surface area contributed by atoms with Gasteiger partial charge in [-0.25, -0.2) is 9.07 Å². The van der Waals surface area contributed by atoms with Crippen molar-refractivity contribution in [1.29, 1.82) is 0 Å². The Kier molecular flexibility index (Phi) is 5.50. The van der Waals surface area contributed by atoms with Crippen molar-refractivity contribution in [2.45, 2.75) is 26.9 Å². The third-order valence-corrected chi connectivity index (χ3v) is 5.15. The lowest BCUT2D eigenvalue weighted by Gasteiger charge is -2.16. The summed E-state index contributed by atoms with van der Waals surface area (Å²) < 4.78 is 17.6.